The highest BCUT2D eigenvalue weighted by molar-refractivity contribution is 6.35. The molecule has 1 N–H and O–H groups in total. The fourth-order valence-electron chi connectivity index (χ4n) is 4.18. The minimum atomic E-state index is -3.06. The Kier molecular flexibility index (Phi) is 11.2. The molecule has 0 bridgehead atoms. The maximum absolute atomic E-state index is 13.1. The molecule has 0 radical (unpaired) electrons. The molecule has 13 heteroatoms. The molecule has 1 aliphatic carbocycles. The fraction of sp³-hybridized carbons (Fsp3) is 0.367. The van der Waals surface area contributed by atoms with Crippen LogP contribution in [0.4, 0.5) is 8.78 Å². The molecule has 9 nitrogen and oxygen atoms in total. The molecule has 1 aliphatic rings. The molecule has 0 unspecified atom stereocenters. The SMILES string of the molecule is COc1ccc(CC(=O)NCC(=O)O[C@@H](Cc2c(Cl)cncc2Cl)c2ccc(OC(F)F)c(OCC3CC3)c2)cc1OC. The number of methoxy groups -OCH3 is 2. The van der Waals surface area contributed by atoms with Crippen molar-refractivity contribution >= 4 is 35.1 Å². The van der Waals surface area contributed by atoms with Crippen molar-refractivity contribution < 1.29 is 42.1 Å². The van der Waals surface area contributed by atoms with Crippen LogP contribution in [0.15, 0.2) is 48.8 Å². The molecule has 0 saturated heterocycles. The summed E-state index contributed by atoms with van der Waals surface area (Å²) in [6.07, 6.45) is 3.81. The zero-order chi connectivity index (χ0) is 30.9. The van der Waals surface area contributed by atoms with E-state index in [0.29, 0.717) is 40.7 Å². The van der Waals surface area contributed by atoms with E-state index < -0.39 is 31.1 Å². The first-order valence-electron chi connectivity index (χ1n) is 13.3. The van der Waals surface area contributed by atoms with Gasteiger partial charge in [-0.2, -0.15) is 8.78 Å². The summed E-state index contributed by atoms with van der Waals surface area (Å²) >= 11 is 12.7. The van der Waals surface area contributed by atoms with E-state index in [1.54, 1.807) is 18.2 Å². The van der Waals surface area contributed by atoms with Crippen LogP contribution in [0.25, 0.3) is 0 Å². The lowest BCUT2D eigenvalue weighted by Gasteiger charge is -2.21. The van der Waals surface area contributed by atoms with E-state index in [1.165, 1.54) is 44.8 Å². The van der Waals surface area contributed by atoms with Crippen molar-refractivity contribution in [3.63, 3.8) is 0 Å². The lowest BCUT2D eigenvalue weighted by Crippen LogP contribution is -2.32. The minimum absolute atomic E-state index is 0.0212. The van der Waals surface area contributed by atoms with Gasteiger partial charge < -0.3 is 29.0 Å². The number of nitrogens with one attached hydrogen (secondary N) is 1. The second kappa shape index (κ2) is 15.1. The quantitative estimate of drug-likeness (QED) is 0.203. The van der Waals surface area contributed by atoms with E-state index >= 15 is 0 Å². The number of nitrogens with zero attached hydrogens (tertiary/aromatic N) is 1. The first-order valence-corrected chi connectivity index (χ1v) is 14.1. The van der Waals surface area contributed by atoms with E-state index in [9.17, 15) is 18.4 Å². The Balaban J connectivity index is 1.49. The van der Waals surface area contributed by atoms with E-state index in [4.69, 9.17) is 42.1 Å². The summed E-state index contributed by atoms with van der Waals surface area (Å²) in [6, 6.07) is 9.34. The molecule has 230 valence electrons. The lowest BCUT2D eigenvalue weighted by atomic mass is 10.0. The number of hydrogen-bond donors (Lipinski definition) is 1. The molecule has 2 aromatic carbocycles. The average Bonchev–Trinajstić information content (AvgIpc) is 3.81. The third-order valence-electron chi connectivity index (χ3n) is 6.59. The largest absolute Gasteiger partial charge is 0.493 e. The van der Waals surface area contributed by atoms with Gasteiger partial charge in [0.1, 0.15) is 12.6 Å². The number of halogens is 4. The van der Waals surface area contributed by atoms with Gasteiger partial charge >= 0.3 is 12.6 Å². The highest BCUT2D eigenvalue weighted by Crippen LogP contribution is 2.38. The minimum Gasteiger partial charge on any atom is -0.493 e. The molecule has 1 heterocycles. The van der Waals surface area contributed by atoms with Crippen LogP contribution in [-0.2, 0) is 27.2 Å². The number of alkyl halides is 2. The molecule has 0 spiro atoms. The highest BCUT2D eigenvalue weighted by Gasteiger charge is 2.26. The lowest BCUT2D eigenvalue weighted by molar-refractivity contribution is -0.149. The summed E-state index contributed by atoms with van der Waals surface area (Å²) < 4.78 is 52.8. The van der Waals surface area contributed by atoms with E-state index in [1.807, 2.05) is 0 Å². The first-order chi connectivity index (χ1) is 20.7. The number of ether oxygens (including phenoxy) is 5. The van der Waals surface area contributed by atoms with Crippen LogP contribution < -0.4 is 24.3 Å². The van der Waals surface area contributed by atoms with Crippen molar-refractivity contribution in [2.75, 3.05) is 27.4 Å². The maximum Gasteiger partial charge on any atom is 0.387 e. The Hall–Kier alpha value is -3.83. The molecule has 1 atom stereocenters. The van der Waals surface area contributed by atoms with Crippen LogP contribution >= 0.6 is 23.2 Å². The number of amides is 1. The summed E-state index contributed by atoms with van der Waals surface area (Å²) in [4.78, 5) is 29.5. The number of carbonyl (C=O) groups is 2. The monoisotopic (exact) mass is 638 g/mol. The van der Waals surface area contributed by atoms with Gasteiger partial charge in [-0.3, -0.25) is 14.6 Å². The van der Waals surface area contributed by atoms with E-state index in [-0.39, 0.29) is 34.4 Å². The molecule has 0 aliphatic heterocycles. The summed E-state index contributed by atoms with van der Waals surface area (Å²) in [5, 5.41) is 3.05. The van der Waals surface area contributed by atoms with Crippen LogP contribution in [0.1, 0.15) is 35.6 Å². The number of esters is 1. The molecule has 1 saturated carbocycles. The van der Waals surface area contributed by atoms with Gasteiger partial charge in [0.2, 0.25) is 5.91 Å². The Labute approximate surface area is 257 Å². The van der Waals surface area contributed by atoms with Crippen molar-refractivity contribution in [2.45, 2.75) is 38.4 Å². The molecule has 1 aromatic heterocycles. The van der Waals surface area contributed by atoms with Crippen LogP contribution in [0.2, 0.25) is 10.0 Å². The molecule has 4 rings (SSSR count). The van der Waals surface area contributed by atoms with Gasteiger partial charge in [0.15, 0.2) is 23.0 Å². The predicted molar refractivity (Wildman–Crippen MR) is 154 cm³/mol. The summed E-state index contributed by atoms with van der Waals surface area (Å²) in [6.45, 7) is -3.15. The van der Waals surface area contributed by atoms with Crippen molar-refractivity contribution in [1.82, 2.24) is 10.3 Å². The van der Waals surface area contributed by atoms with E-state index in [2.05, 4.69) is 15.0 Å². The molecular formula is C30H30Cl2F2N2O7. The van der Waals surface area contributed by atoms with Gasteiger partial charge in [-0.1, -0.05) is 35.3 Å². The van der Waals surface area contributed by atoms with Gasteiger partial charge in [0.05, 0.1) is 37.3 Å². The van der Waals surface area contributed by atoms with E-state index in [0.717, 1.165) is 12.8 Å². The highest BCUT2D eigenvalue weighted by atomic mass is 35.5. The number of carbonyl (C=O) groups excluding carboxylic acids is 2. The Bertz CT molecular complexity index is 1420. The van der Waals surface area contributed by atoms with Crippen LogP contribution in [-0.4, -0.2) is 50.8 Å². The van der Waals surface area contributed by atoms with Gasteiger partial charge in [-0.05, 0) is 59.7 Å². The molecule has 1 amide bonds. The number of hydrogen-bond acceptors (Lipinski definition) is 8. The van der Waals surface area contributed by atoms with Gasteiger partial charge in [-0.25, -0.2) is 0 Å². The molecule has 3 aromatic rings. The predicted octanol–water partition coefficient (Wildman–Crippen LogP) is 5.98. The second-order valence-corrected chi connectivity index (χ2v) is 10.6. The topological polar surface area (TPSA) is 105 Å². The standard InChI is InChI=1S/C30H30Cl2F2N2O7/c1-39-23-7-5-18(9-26(23)40-2)10-28(37)36-15-29(38)42-25(12-20-21(31)13-35-14-22(20)32)19-6-8-24(43-30(33)34)27(11-19)41-16-17-3-4-17/h5-9,11,13-14,17,25,30H,3-4,10,12,15-16H2,1-2H3,(H,36,37)/t25-/m0/s1. The third-order valence-corrected chi connectivity index (χ3v) is 7.24. The van der Waals surface area contributed by atoms with Crippen LogP contribution in [0, 0.1) is 5.92 Å². The smallest absolute Gasteiger partial charge is 0.387 e. The third kappa shape index (κ3) is 9.33. The Morgan fingerprint density at radius 3 is 2.33 bits per heavy atom. The Morgan fingerprint density at radius 1 is 0.977 bits per heavy atom. The number of aromatic nitrogens is 1. The van der Waals surface area contributed by atoms with Crippen LogP contribution in [0.3, 0.4) is 0 Å². The number of pyridine rings is 1. The first kappa shape index (κ1) is 32.1. The van der Waals surface area contributed by atoms with Crippen molar-refractivity contribution in [3.8, 4) is 23.0 Å². The van der Waals surface area contributed by atoms with Gasteiger partial charge in [0, 0.05) is 18.8 Å². The molecule has 43 heavy (non-hydrogen) atoms. The van der Waals surface area contributed by atoms with Gasteiger partial charge in [-0.15, -0.1) is 0 Å². The van der Waals surface area contributed by atoms with Crippen molar-refractivity contribution in [2.24, 2.45) is 5.92 Å². The maximum atomic E-state index is 13.1. The average molecular weight is 639 g/mol. The fourth-order valence-corrected chi connectivity index (χ4v) is 4.70. The zero-order valence-electron chi connectivity index (χ0n) is 23.4. The normalized spacial score (nSPS) is 13.3. The number of rotatable bonds is 15. The summed E-state index contributed by atoms with van der Waals surface area (Å²) in [5.41, 5.74) is 1.52. The zero-order valence-corrected chi connectivity index (χ0v) is 24.9. The van der Waals surface area contributed by atoms with Gasteiger partial charge in [0.25, 0.3) is 0 Å². The number of benzene rings is 2. The second-order valence-electron chi connectivity index (χ2n) is 9.75. The van der Waals surface area contributed by atoms with Crippen molar-refractivity contribution in [3.05, 3.63) is 75.5 Å². The van der Waals surface area contributed by atoms with Crippen LogP contribution in [0.5, 0.6) is 23.0 Å². The summed E-state index contributed by atoms with van der Waals surface area (Å²) in [7, 11) is 3.00. The Morgan fingerprint density at radius 2 is 1.67 bits per heavy atom. The van der Waals surface area contributed by atoms with Crippen molar-refractivity contribution in [1.29, 1.82) is 0 Å². The molecular weight excluding hydrogens is 609 g/mol. The molecule has 1 fully saturated rings. The summed E-state index contributed by atoms with van der Waals surface area (Å²) in [5.74, 6) is 0.0894.